The van der Waals surface area contributed by atoms with Crippen LogP contribution in [-0.4, -0.2) is 25.2 Å². The summed E-state index contributed by atoms with van der Waals surface area (Å²) in [7, 11) is 0. The summed E-state index contributed by atoms with van der Waals surface area (Å²) in [6, 6.07) is 7.48. The van der Waals surface area contributed by atoms with Crippen molar-refractivity contribution < 1.29 is 19.1 Å². The molecular weight excluding hydrogens is 246 g/mol. The number of carbonyl (C=O) groups is 2. The Morgan fingerprint density at radius 1 is 1.37 bits per heavy atom. The van der Waals surface area contributed by atoms with Crippen LogP contribution in [0.5, 0.6) is 0 Å². The summed E-state index contributed by atoms with van der Waals surface area (Å²) in [6.45, 7) is 3.89. The average molecular weight is 261 g/mol. The Bertz CT molecular complexity index is 531. The third-order valence-electron chi connectivity index (χ3n) is 2.70. The number of hydrogen-bond donors (Lipinski definition) is 1. The van der Waals surface area contributed by atoms with Crippen LogP contribution in [0.1, 0.15) is 12.5 Å². The molecule has 1 aromatic carbocycles. The molecule has 1 aliphatic rings. The number of esters is 2. The highest BCUT2D eigenvalue weighted by molar-refractivity contribution is 6.05. The number of ether oxygens (including phenoxy) is 2. The maximum absolute atomic E-state index is 11.7. The van der Waals surface area contributed by atoms with Gasteiger partial charge in [0.2, 0.25) is 0 Å². The van der Waals surface area contributed by atoms with E-state index >= 15 is 0 Å². The Hall–Kier alpha value is -2.30. The highest BCUT2D eigenvalue weighted by atomic mass is 16.6. The second kappa shape index (κ2) is 5.56. The van der Waals surface area contributed by atoms with Crippen LogP contribution in [0.2, 0.25) is 0 Å². The number of carbonyl (C=O) groups excluding carboxylic acids is 2. The van der Waals surface area contributed by atoms with Crippen LogP contribution in [0.25, 0.3) is 0 Å². The van der Waals surface area contributed by atoms with Crippen molar-refractivity contribution in [2.24, 2.45) is 0 Å². The summed E-state index contributed by atoms with van der Waals surface area (Å²) in [5.74, 6) is -1.06. The van der Waals surface area contributed by atoms with E-state index < -0.39 is 11.9 Å². The van der Waals surface area contributed by atoms with Gasteiger partial charge in [-0.3, -0.25) is 0 Å². The smallest absolute Gasteiger partial charge is 0.355 e. The molecule has 1 N–H and O–H groups in total. The van der Waals surface area contributed by atoms with Gasteiger partial charge < -0.3 is 14.8 Å². The van der Waals surface area contributed by atoms with Gasteiger partial charge in [0.15, 0.2) is 0 Å². The number of rotatable bonds is 4. The van der Waals surface area contributed by atoms with E-state index in [0.29, 0.717) is 0 Å². The van der Waals surface area contributed by atoms with Crippen molar-refractivity contribution in [1.29, 1.82) is 0 Å². The molecule has 0 atom stereocenters. The van der Waals surface area contributed by atoms with E-state index in [0.717, 1.165) is 11.3 Å². The molecule has 1 heterocycles. The Labute approximate surface area is 111 Å². The maximum atomic E-state index is 11.7. The molecule has 0 saturated carbocycles. The monoisotopic (exact) mass is 261 g/mol. The Morgan fingerprint density at radius 3 is 2.68 bits per heavy atom. The lowest BCUT2D eigenvalue weighted by atomic mass is 10.2. The zero-order valence-electron chi connectivity index (χ0n) is 10.9. The fourth-order valence-corrected chi connectivity index (χ4v) is 1.69. The van der Waals surface area contributed by atoms with Crippen molar-refractivity contribution in [3.8, 4) is 0 Å². The van der Waals surface area contributed by atoms with E-state index in [9.17, 15) is 9.59 Å². The fraction of sp³-hybridized carbons (Fsp3) is 0.286. The van der Waals surface area contributed by atoms with Crippen LogP contribution >= 0.6 is 0 Å². The minimum Gasteiger partial charge on any atom is -0.462 e. The summed E-state index contributed by atoms with van der Waals surface area (Å²) in [6.07, 6.45) is 0. The third-order valence-corrected chi connectivity index (χ3v) is 2.70. The van der Waals surface area contributed by atoms with Crippen LogP contribution in [0.3, 0.4) is 0 Å². The van der Waals surface area contributed by atoms with E-state index in [1.807, 2.05) is 31.2 Å². The van der Waals surface area contributed by atoms with Crippen molar-refractivity contribution in [2.75, 3.05) is 18.5 Å². The molecule has 0 spiro atoms. The Morgan fingerprint density at radius 2 is 2.05 bits per heavy atom. The van der Waals surface area contributed by atoms with Crippen molar-refractivity contribution in [3.63, 3.8) is 0 Å². The molecule has 19 heavy (non-hydrogen) atoms. The molecule has 0 radical (unpaired) electrons. The van der Waals surface area contributed by atoms with Gasteiger partial charge in [0.25, 0.3) is 0 Å². The molecule has 1 aromatic rings. The normalized spacial score (nSPS) is 14.3. The molecule has 5 nitrogen and oxygen atoms in total. The van der Waals surface area contributed by atoms with Gasteiger partial charge in [-0.15, -0.1) is 0 Å². The lowest BCUT2D eigenvalue weighted by Crippen LogP contribution is -2.14. The molecule has 5 heteroatoms. The second-order valence-corrected chi connectivity index (χ2v) is 4.14. The number of benzene rings is 1. The largest absolute Gasteiger partial charge is 0.462 e. The SMILES string of the molecule is CCOC(=O)C1=C(Nc2ccc(C)cc2)C(=O)OC1. The van der Waals surface area contributed by atoms with Gasteiger partial charge in [-0.2, -0.15) is 0 Å². The van der Waals surface area contributed by atoms with Crippen molar-refractivity contribution >= 4 is 17.6 Å². The Balaban J connectivity index is 2.23. The molecule has 0 amide bonds. The second-order valence-electron chi connectivity index (χ2n) is 4.14. The first-order chi connectivity index (χ1) is 9.11. The molecule has 0 bridgehead atoms. The van der Waals surface area contributed by atoms with Crippen LogP contribution in [0, 0.1) is 6.92 Å². The highest BCUT2D eigenvalue weighted by Gasteiger charge is 2.30. The lowest BCUT2D eigenvalue weighted by molar-refractivity contribution is -0.139. The lowest BCUT2D eigenvalue weighted by Gasteiger charge is -2.07. The highest BCUT2D eigenvalue weighted by Crippen LogP contribution is 2.20. The van der Waals surface area contributed by atoms with Gasteiger partial charge in [0, 0.05) is 5.69 Å². The van der Waals surface area contributed by atoms with E-state index in [2.05, 4.69) is 5.32 Å². The topological polar surface area (TPSA) is 64.6 Å². The molecule has 1 aliphatic heterocycles. The molecule has 0 aromatic heterocycles. The van der Waals surface area contributed by atoms with Gasteiger partial charge in [-0.05, 0) is 26.0 Å². The van der Waals surface area contributed by atoms with E-state index in [1.54, 1.807) is 6.92 Å². The minimum atomic E-state index is -0.538. The van der Waals surface area contributed by atoms with Gasteiger partial charge in [0.1, 0.15) is 17.9 Å². The van der Waals surface area contributed by atoms with E-state index in [-0.39, 0.29) is 24.5 Å². The zero-order valence-corrected chi connectivity index (χ0v) is 10.9. The van der Waals surface area contributed by atoms with Crippen molar-refractivity contribution in [3.05, 3.63) is 41.1 Å². The maximum Gasteiger partial charge on any atom is 0.355 e. The summed E-state index contributed by atoms with van der Waals surface area (Å²) in [5, 5.41) is 2.91. The van der Waals surface area contributed by atoms with Gasteiger partial charge in [-0.25, -0.2) is 9.59 Å². The molecule has 2 rings (SSSR count). The summed E-state index contributed by atoms with van der Waals surface area (Å²) < 4.78 is 9.76. The minimum absolute atomic E-state index is 0.0497. The summed E-state index contributed by atoms with van der Waals surface area (Å²) in [5.41, 5.74) is 2.22. The number of hydrogen-bond acceptors (Lipinski definition) is 5. The summed E-state index contributed by atoms with van der Waals surface area (Å²) in [4.78, 5) is 23.3. The molecule has 0 aliphatic carbocycles. The van der Waals surface area contributed by atoms with E-state index in [1.165, 1.54) is 0 Å². The Kier molecular flexibility index (Phi) is 3.85. The first kappa shape index (κ1) is 13.1. The van der Waals surface area contributed by atoms with Crippen molar-refractivity contribution in [2.45, 2.75) is 13.8 Å². The number of cyclic esters (lactones) is 1. The van der Waals surface area contributed by atoms with Crippen LogP contribution in [0.4, 0.5) is 5.69 Å². The van der Waals surface area contributed by atoms with Gasteiger partial charge in [-0.1, -0.05) is 17.7 Å². The molecule has 0 fully saturated rings. The number of nitrogens with one attached hydrogen (secondary N) is 1. The predicted molar refractivity (Wildman–Crippen MR) is 69.4 cm³/mol. The fourth-order valence-electron chi connectivity index (χ4n) is 1.69. The van der Waals surface area contributed by atoms with Crippen molar-refractivity contribution in [1.82, 2.24) is 0 Å². The third kappa shape index (κ3) is 2.93. The van der Waals surface area contributed by atoms with Crippen LogP contribution in [0.15, 0.2) is 35.5 Å². The first-order valence-electron chi connectivity index (χ1n) is 6.03. The van der Waals surface area contributed by atoms with Crippen LogP contribution in [-0.2, 0) is 19.1 Å². The number of anilines is 1. The quantitative estimate of drug-likeness (QED) is 0.837. The first-order valence-corrected chi connectivity index (χ1v) is 6.03. The van der Waals surface area contributed by atoms with E-state index in [4.69, 9.17) is 9.47 Å². The number of aryl methyl sites for hydroxylation is 1. The zero-order chi connectivity index (χ0) is 13.8. The predicted octanol–water partition coefficient (Wildman–Crippen LogP) is 1.78. The standard InChI is InChI=1S/C14H15NO4/c1-3-18-13(16)11-8-19-14(17)12(11)15-10-6-4-9(2)5-7-10/h4-7,15H,3,8H2,1-2H3. The molecule has 0 unspecified atom stereocenters. The average Bonchev–Trinajstić information content (AvgIpc) is 2.74. The molecule has 0 saturated heterocycles. The van der Waals surface area contributed by atoms with Gasteiger partial charge >= 0.3 is 11.9 Å². The van der Waals surface area contributed by atoms with Gasteiger partial charge in [0.05, 0.1) is 6.61 Å². The van der Waals surface area contributed by atoms with Crippen LogP contribution < -0.4 is 5.32 Å². The molecule has 100 valence electrons. The summed E-state index contributed by atoms with van der Waals surface area (Å²) >= 11 is 0. The molecular formula is C14H15NO4.